The van der Waals surface area contributed by atoms with Crippen molar-refractivity contribution < 1.29 is 9.34 Å². The molecule has 1 N–H and O–H groups in total. The molecule has 0 aliphatic heterocycles. The highest BCUT2D eigenvalue weighted by atomic mass is 32.1. The molecule has 0 aliphatic carbocycles. The van der Waals surface area contributed by atoms with Crippen LogP contribution in [-0.4, -0.2) is 14.9 Å². The van der Waals surface area contributed by atoms with Gasteiger partial charge in [0.2, 0.25) is 0 Å². The molecule has 2 aromatic carbocycles. The first kappa shape index (κ1) is 13.6. The van der Waals surface area contributed by atoms with Crippen LogP contribution in [0, 0.1) is 17.0 Å². The Balaban J connectivity index is 1.74. The fraction of sp³-hybridized carbons (Fsp3) is 0.0667. The lowest BCUT2D eigenvalue weighted by Gasteiger charge is -1.95. The zero-order valence-electron chi connectivity index (χ0n) is 11.9. The van der Waals surface area contributed by atoms with E-state index in [0.29, 0.717) is 16.7 Å². The first-order valence-corrected chi connectivity index (χ1v) is 7.60. The summed E-state index contributed by atoms with van der Waals surface area (Å²) in [6.07, 6.45) is 0. The van der Waals surface area contributed by atoms with E-state index in [9.17, 15) is 10.1 Å². The minimum atomic E-state index is -0.403. The number of non-ortho nitro benzene ring substituents is 1. The lowest BCUT2D eigenvalue weighted by molar-refractivity contribution is -0.384. The third-order valence-electron chi connectivity index (χ3n) is 3.39. The maximum atomic E-state index is 10.9. The molecule has 0 bridgehead atoms. The van der Waals surface area contributed by atoms with Crippen LogP contribution < -0.4 is 5.32 Å². The van der Waals surface area contributed by atoms with Crippen LogP contribution in [0.5, 0.6) is 0 Å². The molecule has 8 heteroatoms. The predicted molar refractivity (Wildman–Crippen MR) is 88.3 cm³/mol. The number of nitrogens with one attached hydrogen (secondary N) is 1. The number of rotatable bonds is 3. The second-order valence-corrected chi connectivity index (χ2v) is 6.03. The number of hydrogen-bond acceptors (Lipinski definition) is 7. The van der Waals surface area contributed by atoms with Gasteiger partial charge in [-0.2, -0.15) is 4.98 Å². The summed E-state index contributed by atoms with van der Waals surface area (Å²) in [6, 6.07) is 10.8. The summed E-state index contributed by atoms with van der Waals surface area (Å²) in [7, 11) is 0. The minimum absolute atomic E-state index is 0.0621. The number of aromatic nitrogens is 2. The van der Waals surface area contributed by atoms with Crippen molar-refractivity contribution >= 4 is 49.5 Å². The number of aryl methyl sites for hydroxylation is 1. The number of anilines is 2. The number of para-hydroxylation sites is 2. The van der Waals surface area contributed by atoms with E-state index in [-0.39, 0.29) is 5.69 Å². The van der Waals surface area contributed by atoms with Gasteiger partial charge in [-0.3, -0.25) is 15.4 Å². The van der Waals surface area contributed by atoms with Crippen molar-refractivity contribution in [2.24, 2.45) is 0 Å². The van der Waals surface area contributed by atoms with Gasteiger partial charge in [0.25, 0.3) is 5.69 Å². The summed E-state index contributed by atoms with van der Waals surface area (Å²) in [6.45, 7) is 1.80. The van der Waals surface area contributed by atoms with Crippen LogP contribution >= 0.6 is 11.3 Å². The van der Waals surface area contributed by atoms with Gasteiger partial charge < -0.3 is 4.42 Å². The van der Waals surface area contributed by atoms with E-state index in [4.69, 9.17) is 4.42 Å². The number of benzene rings is 2. The topological polar surface area (TPSA) is 94.1 Å². The van der Waals surface area contributed by atoms with Gasteiger partial charge in [-0.05, 0) is 24.6 Å². The van der Waals surface area contributed by atoms with E-state index in [1.807, 2.05) is 24.3 Å². The summed E-state index contributed by atoms with van der Waals surface area (Å²) < 4.78 is 6.34. The maximum Gasteiger partial charge on any atom is 0.302 e. The average molecular weight is 326 g/mol. The monoisotopic (exact) mass is 326 g/mol. The van der Waals surface area contributed by atoms with Crippen molar-refractivity contribution in [2.45, 2.75) is 6.92 Å². The number of nitro groups is 1. The minimum Gasteiger partial charge on any atom is -0.423 e. The molecular formula is C15H10N4O3S. The zero-order chi connectivity index (χ0) is 16.0. The molecule has 0 saturated heterocycles. The van der Waals surface area contributed by atoms with Gasteiger partial charge >= 0.3 is 6.01 Å². The highest BCUT2D eigenvalue weighted by molar-refractivity contribution is 7.22. The highest BCUT2D eigenvalue weighted by Gasteiger charge is 2.14. The quantitative estimate of drug-likeness (QED) is 0.443. The summed E-state index contributed by atoms with van der Waals surface area (Å²) in [5, 5.41) is 14.5. The van der Waals surface area contributed by atoms with Gasteiger partial charge in [-0.1, -0.05) is 23.5 Å². The molecule has 0 unspecified atom stereocenters. The normalized spacial score (nSPS) is 11.2. The first-order chi connectivity index (χ1) is 11.1. The number of thiazole rings is 1. The molecule has 23 heavy (non-hydrogen) atoms. The molecule has 4 aromatic rings. The van der Waals surface area contributed by atoms with Crippen LogP contribution in [0.25, 0.3) is 21.3 Å². The van der Waals surface area contributed by atoms with Crippen LogP contribution in [0.15, 0.2) is 40.8 Å². The molecule has 0 radical (unpaired) electrons. The molecule has 0 atom stereocenters. The number of nitrogens with zero attached hydrogens (tertiary/aromatic N) is 3. The Morgan fingerprint density at radius 3 is 2.87 bits per heavy atom. The van der Waals surface area contributed by atoms with Gasteiger partial charge in [0.05, 0.1) is 15.1 Å². The largest absolute Gasteiger partial charge is 0.423 e. The van der Waals surface area contributed by atoms with E-state index < -0.39 is 4.92 Å². The molecule has 0 spiro atoms. The van der Waals surface area contributed by atoms with Crippen LogP contribution in [0.2, 0.25) is 0 Å². The molecule has 7 nitrogen and oxygen atoms in total. The van der Waals surface area contributed by atoms with Crippen LogP contribution in [0.4, 0.5) is 16.8 Å². The van der Waals surface area contributed by atoms with Crippen LogP contribution in [0.1, 0.15) is 5.56 Å². The summed E-state index contributed by atoms with van der Waals surface area (Å²) >= 11 is 1.32. The number of oxazole rings is 1. The van der Waals surface area contributed by atoms with Crippen LogP contribution in [-0.2, 0) is 0 Å². The molecule has 0 amide bonds. The van der Waals surface area contributed by atoms with E-state index >= 15 is 0 Å². The Labute approximate surface area is 133 Å². The Bertz CT molecular complexity index is 1020. The second-order valence-electron chi connectivity index (χ2n) is 5.00. The first-order valence-electron chi connectivity index (χ1n) is 6.78. The van der Waals surface area contributed by atoms with E-state index in [2.05, 4.69) is 15.3 Å². The molecule has 114 valence electrons. The molecule has 2 aromatic heterocycles. The van der Waals surface area contributed by atoms with Gasteiger partial charge in [-0.15, -0.1) is 0 Å². The molecule has 2 heterocycles. The van der Waals surface area contributed by atoms with Crippen molar-refractivity contribution in [2.75, 3.05) is 5.32 Å². The maximum absolute atomic E-state index is 10.9. The van der Waals surface area contributed by atoms with E-state index in [1.54, 1.807) is 6.92 Å². The van der Waals surface area contributed by atoms with Crippen molar-refractivity contribution in [3.63, 3.8) is 0 Å². The fourth-order valence-corrected chi connectivity index (χ4v) is 3.32. The van der Waals surface area contributed by atoms with Crippen molar-refractivity contribution in [3.05, 3.63) is 52.1 Å². The average Bonchev–Trinajstić information content (AvgIpc) is 3.10. The molecule has 0 aliphatic rings. The molecular weight excluding hydrogens is 316 g/mol. The Morgan fingerprint density at radius 1 is 1.26 bits per heavy atom. The molecule has 0 fully saturated rings. The third kappa shape index (κ3) is 2.38. The smallest absolute Gasteiger partial charge is 0.302 e. The Kier molecular flexibility index (Phi) is 2.98. The second kappa shape index (κ2) is 5.03. The Hall–Kier alpha value is -3.00. The fourth-order valence-electron chi connectivity index (χ4n) is 2.35. The lowest BCUT2D eigenvalue weighted by atomic mass is 10.2. The number of nitro benzene ring substituents is 1. The standard InChI is InChI=1S/C15H10N4O3S/c1-8-6-9(19(20)21)7-12-13(8)17-15(23-12)18-14-16-10-4-2-3-5-11(10)22-14/h2-7H,1H3,(H,16,17,18). The molecule has 0 saturated carbocycles. The molecule has 4 rings (SSSR count). The summed E-state index contributed by atoms with van der Waals surface area (Å²) in [5.74, 6) is 0. The van der Waals surface area contributed by atoms with Crippen molar-refractivity contribution in [3.8, 4) is 0 Å². The number of hydrogen-bond donors (Lipinski definition) is 1. The lowest BCUT2D eigenvalue weighted by Crippen LogP contribution is -1.89. The zero-order valence-corrected chi connectivity index (χ0v) is 12.8. The third-order valence-corrected chi connectivity index (χ3v) is 4.31. The highest BCUT2D eigenvalue weighted by Crippen LogP contribution is 2.33. The summed E-state index contributed by atoms with van der Waals surface area (Å²) in [5.41, 5.74) is 2.99. The SMILES string of the molecule is Cc1cc([N+](=O)[O-])cc2sc(Nc3nc4ccccc4o3)nc12. The van der Waals surface area contributed by atoms with Crippen molar-refractivity contribution in [1.29, 1.82) is 0 Å². The van der Waals surface area contributed by atoms with Crippen LogP contribution in [0.3, 0.4) is 0 Å². The summed E-state index contributed by atoms with van der Waals surface area (Å²) in [4.78, 5) is 19.3. The Morgan fingerprint density at radius 2 is 2.09 bits per heavy atom. The van der Waals surface area contributed by atoms with Gasteiger partial charge in [-0.25, -0.2) is 4.98 Å². The number of fused-ring (bicyclic) bond motifs is 2. The van der Waals surface area contributed by atoms with Crippen molar-refractivity contribution in [1.82, 2.24) is 9.97 Å². The van der Waals surface area contributed by atoms with Gasteiger partial charge in [0.15, 0.2) is 10.7 Å². The van der Waals surface area contributed by atoms with E-state index in [1.165, 1.54) is 23.5 Å². The van der Waals surface area contributed by atoms with E-state index in [0.717, 1.165) is 21.3 Å². The van der Waals surface area contributed by atoms with Gasteiger partial charge in [0, 0.05) is 12.1 Å². The van der Waals surface area contributed by atoms with Gasteiger partial charge in [0.1, 0.15) is 5.52 Å². The predicted octanol–water partition coefficient (Wildman–Crippen LogP) is 4.40.